The van der Waals surface area contributed by atoms with Gasteiger partial charge in [0.1, 0.15) is 0 Å². The van der Waals surface area contributed by atoms with Gasteiger partial charge in [-0.05, 0) is 111 Å². The van der Waals surface area contributed by atoms with Gasteiger partial charge in [0, 0.05) is 109 Å². The molecule has 8 unspecified atom stereocenters. The molecule has 0 radical (unpaired) electrons. The number of rotatable bonds is 53. The van der Waals surface area contributed by atoms with Crippen molar-refractivity contribution in [1.29, 1.82) is 0 Å². The molecule has 0 aromatic rings. The van der Waals surface area contributed by atoms with E-state index < -0.39 is 0 Å². The van der Waals surface area contributed by atoms with E-state index in [4.69, 9.17) is 42.6 Å². The first-order chi connectivity index (χ1) is 46.0. The van der Waals surface area contributed by atoms with Crippen LogP contribution >= 0.6 is 0 Å². The van der Waals surface area contributed by atoms with Crippen LogP contribution in [0, 0.1) is 46.3 Å². The van der Waals surface area contributed by atoms with Crippen LogP contribution in [0.4, 0.5) is 0 Å². The van der Waals surface area contributed by atoms with Crippen LogP contribution in [-0.4, -0.2) is 239 Å². The van der Waals surface area contributed by atoms with E-state index in [0.717, 1.165) is 58.1 Å². The number of imide groups is 2. The average molecular weight is 1340 g/mol. The lowest BCUT2D eigenvalue weighted by Crippen LogP contribution is -2.51. The zero-order valence-electron chi connectivity index (χ0n) is 58.1. The normalized spacial score (nSPS) is 23.4. The van der Waals surface area contributed by atoms with Crippen molar-refractivity contribution in [2.75, 3.05) is 171 Å². The van der Waals surface area contributed by atoms with Gasteiger partial charge in [-0.15, -0.1) is 0 Å². The van der Waals surface area contributed by atoms with Crippen LogP contribution in [0.3, 0.4) is 0 Å². The van der Waals surface area contributed by atoms with Gasteiger partial charge in [-0.25, -0.2) is 0 Å². The van der Waals surface area contributed by atoms with Crippen molar-refractivity contribution in [3.8, 4) is 0 Å². The second-order valence-electron chi connectivity index (χ2n) is 27.2. The van der Waals surface area contributed by atoms with Crippen molar-refractivity contribution in [1.82, 2.24) is 36.0 Å². The Kier molecular flexibility index (Phi) is 36.7. The highest BCUT2D eigenvalue weighted by Gasteiger charge is 2.59. The third-order valence-corrected chi connectivity index (χ3v) is 20.2. The minimum atomic E-state index is -0.353. The Morgan fingerprint density at radius 3 is 1.41 bits per heavy atom. The Hall–Kier alpha value is -5.02. The smallest absolute Gasteiger partial charge is 0.253 e. The molecule has 8 amide bonds. The number of hydrogen-bond acceptors (Lipinski definition) is 18. The summed E-state index contributed by atoms with van der Waals surface area (Å²) in [6.45, 7) is 22.5. The maximum absolute atomic E-state index is 12.9. The van der Waals surface area contributed by atoms with Gasteiger partial charge in [0.25, 0.3) is 23.6 Å². The molecule has 0 aromatic carbocycles. The van der Waals surface area contributed by atoms with E-state index in [1.165, 1.54) is 82.1 Å². The van der Waals surface area contributed by atoms with Gasteiger partial charge in [0.15, 0.2) is 0 Å². The minimum Gasteiger partial charge on any atom is -0.379 e. The molecule has 0 spiro atoms. The van der Waals surface area contributed by atoms with Crippen molar-refractivity contribution in [3.05, 3.63) is 36.0 Å². The fourth-order valence-corrected chi connectivity index (χ4v) is 15.0. The highest BCUT2D eigenvalue weighted by Crippen LogP contribution is 2.67. The lowest BCUT2D eigenvalue weighted by molar-refractivity contribution is -0.138. The summed E-state index contributed by atoms with van der Waals surface area (Å²) in [6, 6.07) is 0. The molecule has 95 heavy (non-hydrogen) atoms. The quantitative estimate of drug-likeness (QED) is 0.0332. The lowest BCUT2D eigenvalue weighted by Gasteiger charge is -2.58. The minimum absolute atomic E-state index is 0.105. The summed E-state index contributed by atoms with van der Waals surface area (Å²) in [6.07, 6.45) is 23.4. The van der Waals surface area contributed by atoms with Crippen LogP contribution in [0.2, 0.25) is 0 Å². The van der Waals surface area contributed by atoms with Crippen LogP contribution in [-0.2, 0) is 81.0 Å². The van der Waals surface area contributed by atoms with Crippen LogP contribution < -0.4 is 21.3 Å². The predicted molar refractivity (Wildman–Crippen MR) is 357 cm³/mol. The number of carbonyl (C=O) groups is 8. The molecule has 6 rings (SSSR count). The topological polar surface area (TPSA) is 277 Å². The first-order valence-electron chi connectivity index (χ1n) is 35.8. The zero-order valence-corrected chi connectivity index (χ0v) is 58.1. The fraction of sp³-hybridized carbons (Fsp3) is 0.803. The van der Waals surface area contributed by atoms with Crippen molar-refractivity contribution >= 4 is 47.3 Å². The molecule has 2 heterocycles. The number of allylic oxidation sites excluding steroid dienone is 1. The molecule has 6 aliphatic rings. The zero-order chi connectivity index (χ0) is 68.1. The molecule has 4 aliphatic carbocycles. The largest absolute Gasteiger partial charge is 0.379 e. The average Bonchev–Trinajstić information content (AvgIpc) is 1.70. The van der Waals surface area contributed by atoms with Crippen molar-refractivity contribution in [2.45, 2.75) is 150 Å². The number of ether oxygens (including phenoxy) is 9. The van der Waals surface area contributed by atoms with Crippen molar-refractivity contribution in [3.63, 3.8) is 0 Å². The SMILES string of the molecule is CC(C)CCCC(C)C1CCC2C3CC=C4CC(OCCN(CCNC(=O)CCOCCOCCOCCOCCNC(=O)CCCN5C(=O)C=CC5=O)CCNC(=O)CCOCCOCCOCCOCCNC(=O)CCCN5C(=O)C=CC5=O)CCC4(C)C3CCC12C. The summed E-state index contributed by atoms with van der Waals surface area (Å²) in [7, 11) is 0. The molecule has 4 N–H and O–H groups in total. The van der Waals surface area contributed by atoms with E-state index in [2.05, 4.69) is 66.9 Å². The van der Waals surface area contributed by atoms with E-state index in [-0.39, 0.29) is 111 Å². The van der Waals surface area contributed by atoms with Gasteiger partial charge < -0.3 is 63.9 Å². The number of nitrogens with one attached hydrogen (secondary N) is 4. The Balaban J connectivity index is 0.798. The Morgan fingerprint density at radius 1 is 0.495 bits per heavy atom. The Labute approximate surface area is 565 Å². The summed E-state index contributed by atoms with van der Waals surface area (Å²) in [5, 5.41) is 11.6. The van der Waals surface area contributed by atoms with E-state index in [9.17, 15) is 38.4 Å². The highest BCUT2D eigenvalue weighted by atomic mass is 16.6. The fourth-order valence-electron chi connectivity index (χ4n) is 15.0. The van der Waals surface area contributed by atoms with Gasteiger partial charge in [0.2, 0.25) is 23.6 Å². The predicted octanol–water partition coefficient (Wildman–Crippen LogP) is 5.50. The first kappa shape index (κ1) is 79.0. The maximum Gasteiger partial charge on any atom is 0.253 e. The van der Waals surface area contributed by atoms with Crippen LogP contribution in [0.1, 0.15) is 144 Å². The van der Waals surface area contributed by atoms with E-state index in [1.807, 2.05) is 0 Å². The second kappa shape index (κ2) is 44.1. The summed E-state index contributed by atoms with van der Waals surface area (Å²) >= 11 is 0. The molecule has 24 nitrogen and oxygen atoms in total. The molecule has 3 fully saturated rings. The van der Waals surface area contributed by atoms with Crippen LogP contribution in [0.5, 0.6) is 0 Å². The van der Waals surface area contributed by atoms with E-state index in [1.54, 1.807) is 5.57 Å². The van der Waals surface area contributed by atoms with Crippen LogP contribution in [0.25, 0.3) is 0 Å². The van der Waals surface area contributed by atoms with Gasteiger partial charge in [-0.1, -0.05) is 65.5 Å². The summed E-state index contributed by atoms with van der Waals surface area (Å²) in [4.78, 5) is 101. The van der Waals surface area contributed by atoms with E-state index in [0.29, 0.717) is 163 Å². The third-order valence-electron chi connectivity index (χ3n) is 20.2. The molecule has 2 aliphatic heterocycles. The third kappa shape index (κ3) is 28.0. The Bertz CT molecular complexity index is 2320. The lowest BCUT2D eigenvalue weighted by atomic mass is 9.47. The van der Waals surface area contributed by atoms with Gasteiger partial charge in [-0.2, -0.15) is 0 Å². The number of fused-ring (bicyclic) bond motifs is 5. The molecule has 0 bridgehead atoms. The van der Waals surface area contributed by atoms with Gasteiger partial charge in [0.05, 0.1) is 118 Å². The highest BCUT2D eigenvalue weighted by molar-refractivity contribution is 6.13. The molecule has 0 saturated heterocycles. The monoisotopic (exact) mass is 1340 g/mol. The first-order valence-corrected chi connectivity index (χ1v) is 35.8. The maximum atomic E-state index is 12.9. The number of carbonyl (C=O) groups excluding carboxylic acids is 8. The van der Waals surface area contributed by atoms with E-state index >= 15 is 0 Å². The molecule has 0 aromatic heterocycles. The van der Waals surface area contributed by atoms with Gasteiger partial charge >= 0.3 is 0 Å². The number of hydrogen-bond donors (Lipinski definition) is 4. The number of nitrogens with zero attached hydrogens (tertiary/aromatic N) is 3. The number of amides is 8. The van der Waals surface area contributed by atoms with Crippen molar-refractivity contribution < 1.29 is 81.0 Å². The second-order valence-corrected chi connectivity index (χ2v) is 27.2. The molecule has 3 saturated carbocycles. The molecule has 24 heteroatoms. The molecular formula is C71H117N7O17. The molecule has 538 valence electrons. The van der Waals surface area contributed by atoms with Crippen molar-refractivity contribution in [2.24, 2.45) is 46.3 Å². The molecular weight excluding hydrogens is 1220 g/mol. The standard InChI is InChI=1S/C71H117N7O17/c1-54(2)9-6-10-55(3)59-15-16-60-58-14-13-56-53-57(21-25-70(56,4)61(58)22-26-71(59,60)5)95-40-35-76(33-27-72-64(81)23-36-87-41-45-91-49-51-93-47-43-89-38-29-74-62(79)11-7-31-77-66(83)17-18-67(77)84)34-28-73-65(82)24-37-88-42-46-92-50-52-94-48-44-90-39-30-75-63(80)12-8-32-78-68(85)19-20-69(78)86/h13,17-20,54-55,57-61H,6-12,14-16,21-53H2,1-5H3,(H,72,81)(H,73,82)(H,74,79)(H,75,80). The summed E-state index contributed by atoms with van der Waals surface area (Å²) in [5.41, 5.74) is 2.35. The Morgan fingerprint density at radius 2 is 0.937 bits per heavy atom. The summed E-state index contributed by atoms with van der Waals surface area (Å²) in [5.74, 6) is 2.87. The molecule has 8 atom stereocenters. The summed E-state index contributed by atoms with van der Waals surface area (Å²) < 4.78 is 51.3. The van der Waals surface area contributed by atoms with Crippen LogP contribution in [0.15, 0.2) is 36.0 Å². The van der Waals surface area contributed by atoms with Gasteiger partial charge in [-0.3, -0.25) is 53.1 Å².